The van der Waals surface area contributed by atoms with Crippen LogP contribution in [0.1, 0.15) is 29.5 Å². The summed E-state index contributed by atoms with van der Waals surface area (Å²) >= 11 is 0. The average Bonchev–Trinajstić information content (AvgIpc) is 3.43. The van der Waals surface area contributed by atoms with Gasteiger partial charge in [-0.3, -0.25) is 19.8 Å². The molecule has 0 aliphatic carbocycles. The van der Waals surface area contributed by atoms with Crippen molar-refractivity contribution in [2.75, 3.05) is 20.3 Å². The third-order valence-corrected chi connectivity index (χ3v) is 7.17. The number of aliphatic hydroxyl groups is 1. The van der Waals surface area contributed by atoms with E-state index in [4.69, 9.17) is 4.74 Å². The normalized spacial score (nSPS) is 15.8. The number of aliphatic hydroxyl groups excluding tert-OH is 1. The smallest absolute Gasteiger partial charge is 0.330 e. The Morgan fingerprint density at radius 2 is 1.93 bits per heavy atom. The number of carbonyl (C=O) groups excluding carboxylic acids is 2. The van der Waals surface area contributed by atoms with Gasteiger partial charge in [-0.05, 0) is 60.2 Å². The monoisotopic (exact) mass is 547 g/mol. The standard InChI is InChI=1S/C30H33N3O7/c1-20-23(10-6-11-24(20)22-8-4-3-5-9-22)19-40-28-14-13-21(16-27(28)33(37)38)17-32-15-7-12-26(32)29(35)31-25(18-34)30(36)39-2/h3-6,8-11,13-14,16,25-26,34H,7,12,15,17-19H2,1-2H3,(H,31,35)/t25-,26-/m0/s1. The largest absolute Gasteiger partial charge is 0.482 e. The van der Waals surface area contributed by atoms with E-state index in [2.05, 4.69) is 10.1 Å². The number of hydrogen-bond acceptors (Lipinski definition) is 8. The molecule has 0 unspecified atom stereocenters. The minimum atomic E-state index is -1.14. The first-order chi connectivity index (χ1) is 19.3. The van der Waals surface area contributed by atoms with Crippen LogP contribution in [0, 0.1) is 17.0 Å². The van der Waals surface area contributed by atoms with E-state index >= 15 is 0 Å². The molecule has 210 valence electrons. The van der Waals surface area contributed by atoms with Crippen molar-refractivity contribution >= 4 is 17.6 Å². The van der Waals surface area contributed by atoms with Crippen LogP contribution in [0.5, 0.6) is 5.75 Å². The molecule has 0 bridgehead atoms. The van der Waals surface area contributed by atoms with Crippen molar-refractivity contribution in [3.8, 4) is 16.9 Å². The van der Waals surface area contributed by atoms with E-state index in [0.717, 1.165) is 28.7 Å². The molecule has 2 atom stereocenters. The predicted octanol–water partition coefficient (Wildman–Crippen LogP) is 3.76. The molecule has 10 nitrogen and oxygen atoms in total. The molecule has 2 N–H and O–H groups in total. The molecule has 0 saturated carbocycles. The number of nitro groups is 1. The van der Waals surface area contributed by atoms with Crippen LogP contribution in [0.2, 0.25) is 0 Å². The van der Waals surface area contributed by atoms with E-state index in [1.165, 1.54) is 13.2 Å². The van der Waals surface area contributed by atoms with Crippen molar-refractivity contribution in [1.29, 1.82) is 0 Å². The molecule has 1 aliphatic rings. The molecule has 1 fully saturated rings. The molecule has 40 heavy (non-hydrogen) atoms. The maximum Gasteiger partial charge on any atom is 0.330 e. The second-order valence-electron chi connectivity index (χ2n) is 9.70. The summed E-state index contributed by atoms with van der Waals surface area (Å²) in [5.74, 6) is -0.962. The Morgan fingerprint density at radius 1 is 1.15 bits per heavy atom. The van der Waals surface area contributed by atoms with Crippen LogP contribution in [-0.2, 0) is 27.5 Å². The van der Waals surface area contributed by atoms with Gasteiger partial charge in [0.05, 0.1) is 24.7 Å². The second-order valence-corrected chi connectivity index (χ2v) is 9.70. The number of benzene rings is 3. The summed E-state index contributed by atoms with van der Waals surface area (Å²) in [6.07, 6.45) is 1.32. The first-order valence-corrected chi connectivity index (χ1v) is 13.1. The van der Waals surface area contributed by atoms with E-state index in [1.807, 2.05) is 60.4 Å². The number of rotatable bonds is 11. The van der Waals surface area contributed by atoms with Crippen molar-refractivity contribution in [3.05, 3.63) is 93.5 Å². The predicted molar refractivity (Wildman–Crippen MR) is 149 cm³/mol. The molecule has 0 aromatic heterocycles. The highest BCUT2D eigenvalue weighted by Crippen LogP contribution is 2.32. The zero-order valence-electron chi connectivity index (χ0n) is 22.5. The Hall–Kier alpha value is -4.28. The van der Waals surface area contributed by atoms with Gasteiger partial charge in [0, 0.05) is 12.6 Å². The molecule has 0 spiro atoms. The first-order valence-electron chi connectivity index (χ1n) is 13.1. The van der Waals surface area contributed by atoms with Gasteiger partial charge in [0.25, 0.3) is 0 Å². The summed E-state index contributed by atoms with van der Waals surface area (Å²) in [5.41, 5.74) is 4.64. The van der Waals surface area contributed by atoms with E-state index in [0.29, 0.717) is 25.1 Å². The number of nitrogens with zero attached hydrogens (tertiary/aromatic N) is 2. The molecule has 1 heterocycles. The molecule has 1 aliphatic heterocycles. The maximum absolute atomic E-state index is 12.8. The van der Waals surface area contributed by atoms with Crippen molar-refractivity contribution in [2.45, 2.75) is 45.0 Å². The van der Waals surface area contributed by atoms with Gasteiger partial charge in [-0.25, -0.2) is 4.79 Å². The summed E-state index contributed by atoms with van der Waals surface area (Å²) in [4.78, 5) is 37.9. The minimum absolute atomic E-state index is 0.152. The molecule has 1 saturated heterocycles. The summed E-state index contributed by atoms with van der Waals surface area (Å²) in [6, 6.07) is 19.1. The number of amides is 1. The molecular weight excluding hydrogens is 514 g/mol. The summed E-state index contributed by atoms with van der Waals surface area (Å²) < 4.78 is 10.6. The lowest BCUT2D eigenvalue weighted by atomic mass is 9.97. The Kier molecular flexibility index (Phi) is 9.47. The van der Waals surface area contributed by atoms with Gasteiger partial charge in [-0.1, -0.05) is 54.6 Å². The number of esters is 1. The highest BCUT2D eigenvalue weighted by Gasteiger charge is 2.33. The van der Waals surface area contributed by atoms with Gasteiger partial charge in [-0.2, -0.15) is 0 Å². The lowest BCUT2D eigenvalue weighted by molar-refractivity contribution is -0.386. The fraction of sp³-hybridized carbons (Fsp3) is 0.333. The quantitative estimate of drug-likeness (QED) is 0.211. The fourth-order valence-corrected chi connectivity index (χ4v) is 4.99. The number of nitrogens with one attached hydrogen (secondary N) is 1. The number of hydrogen-bond donors (Lipinski definition) is 2. The molecule has 10 heteroatoms. The highest BCUT2D eigenvalue weighted by molar-refractivity contribution is 5.87. The molecule has 3 aromatic carbocycles. The molecule has 3 aromatic rings. The van der Waals surface area contributed by atoms with Crippen molar-refractivity contribution in [1.82, 2.24) is 10.2 Å². The first kappa shape index (κ1) is 28.7. The topological polar surface area (TPSA) is 131 Å². The number of likely N-dealkylation sites (tertiary alicyclic amines) is 1. The number of nitro benzene ring substituents is 1. The Labute approximate surface area is 232 Å². The van der Waals surface area contributed by atoms with Crippen molar-refractivity contribution in [3.63, 3.8) is 0 Å². The SMILES string of the molecule is COC(=O)[C@H](CO)NC(=O)[C@@H]1CCCN1Cc1ccc(OCc2cccc(-c3ccccc3)c2C)c([N+](=O)[O-])c1. The zero-order valence-corrected chi connectivity index (χ0v) is 22.5. The highest BCUT2D eigenvalue weighted by atomic mass is 16.6. The van der Waals surface area contributed by atoms with Crippen molar-refractivity contribution < 1.29 is 29.1 Å². The summed E-state index contributed by atoms with van der Waals surface area (Å²) in [6.45, 7) is 2.53. The van der Waals surface area contributed by atoms with Crippen LogP contribution < -0.4 is 10.1 Å². The zero-order chi connectivity index (χ0) is 28.6. The third-order valence-electron chi connectivity index (χ3n) is 7.17. The summed E-state index contributed by atoms with van der Waals surface area (Å²) in [5, 5.41) is 23.9. The minimum Gasteiger partial charge on any atom is -0.482 e. The van der Waals surface area contributed by atoms with Crippen LogP contribution in [0.3, 0.4) is 0 Å². The van der Waals surface area contributed by atoms with Gasteiger partial charge in [0.2, 0.25) is 5.91 Å². The van der Waals surface area contributed by atoms with Crippen LogP contribution >= 0.6 is 0 Å². The molecule has 4 rings (SSSR count). The van der Waals surface area contributed by atoms with E-state index < -0.39 is 35.5 Å². The van der Waals surface area contributed by atoms with E-state index in [-0.39, 0.29) is 18.0 Å². The third kappa shape index (κ3) is 6.64. The van der Waals surface area contributed by atoms with Gasteiger partial charge in [0.1, 0.15) is 6.61 Å². The van der Waals surface area contributed by atoms with Gasteiger partial charge in [0.15, 0.2) is 11.8 Å². The van der Waals surface area contributed by atoms with E-state index in [9.17, 15) is 24.8 Å². The second kappa shape index (κ2) is 13.2. The lowest BCUT2D eigenvalue weighted by Crippen LogP contribution is -2.51. The Bertz CT molecular complexity index is 1360. The lowest BCUT2D eigenvalue weighted by Gasteiger charge is -2.25. The Balaban J connectivity index is 1.46. The fourth-order valence-electron chi connectivity index (χ4n) is 4.99. The van der Waals surface area contributed by atoms with Gasteiger partial charge < -0.3 is 19.9 Å². The van der Waals surface area contributed by atoms with Crippen LogP contribution in [0.15, 0.2) is 66.7 Å². The Morgan fingerprint density at radius 3 is 2.62 bits per heavy atom. The van der Waals surface area contributed by atoms with Crippen LogP contribution in [0.4, 0.5) is 5.69 Å². The van der Waals surface area contributed by atoms with Gasteiger partial charge in [-0.15, -0.1) is 0 Å². The molecular formula is C30H33N3O7. The van der Waals surface area contributed by atoms with Crippen LogP contribution in [0.25, 0.3) is 11.1 Å². The summed E-state index contributed by atoms with van der Waals surface area (Å²) in [7, 11) is 1.18. The maximum atomic E-state index is 12.8. The number of methoxy groups -OCH3 is 1. The van der Waals surface area contributed by atoms with Crippen LogP contribution in [-0.4, -0.2) is 59.2 Å². The number of ether oxygens (including phenoxy) is 2. The molecule has 1 amide bonds. The average molecular weight is 548 g/mol. The number of carbonyl (C=O) groups is 2. The van der Waals surface area contributed by atoms with E-state index in [1.54, 1.807) is 12.1 Å². The van der Waals surface area contributed by atoms with Crippen molar-refractivity contribution in [2.24, 2.45) is 0 Å². The molecule has 0 radical (unpaired) electrons. The van der Waals surface area contributed by atoms with Gasteiger partial charge >= 0.3 is 11.7 Å².